The second-order valence-electron chi connectivity index (χ2n) is 5.02. The fourth-order valence-corrected chi connectivity index (χ4v) is 2.29. The molecule has 114 valence electrons. The summed E-state index contributed by atoms with van der Waals surface area (Å²) in [7, 11) is 0. The number of carbonyl (C=O) groups is 1. The summed E-state index contributed by atoms with van der Waals surface area (Å²) in [6.45, 7) is 1.32. The van der Waals surface area contributed by atoms with E-state index in [-0.39, 0.29) is 0 Å². The zero-order chi connectivity index (χ0) is 16.2. The van der Waals surface area contributed by atoms with Crippen molar-refractivity contribution in [2.24, 2.45) is 0 Å². The largest absolute Gasteiger partial charge is 0.427 e. The van der Waals surface area contributed by atoms with Gasteiger partial charge < -0.3 is 9.15 Å². The summed E-state index contributed by atoms with van der Waals surface area (Å²) < 4.78 is 10.2. The maximum Gasteiger partial charge on any atom is 0.336 e. The first-order chi connectivity index (χ1) is 11.1. The van der Waals surface area contributed by atoms with Crippen LogP contribution in [0.3, 0.4) is 0 Å². The molecule has 0 bridgehead atoms. The summed E-state index contributed by atoms with van der Waals surface area (Å²) in [5, 5.41) is 0.771. The molecule has 3 aromatic rings. The number of hydrogen-bond donors (Lipinski definition) is 0. The second kappa shape index (κ2) is 6.32. The van der Waals surface area contributed by atoms with Gasteiger partial charge in [0.15, 0.2) is 0 Å². The van der Waals surface area contributed by atoms with E-state index in [2.05, 4.69) is 0 Å². The third-order valence-corrected chi connectivity index (χ3v) is 3.26. The topological polar surface area (TPSA) is 56.5 Å². The fourth-order valence-electron chi connectivity index (χ4n) is 2.29. The lowest BCUT2D eigenvalue weighted by molar-refractivity contribution is -0.131. The van der Waals surface area contributed by atoms with Crippen LogP contribution in [0.25, 0.3) is 23.1 Å². The van der Waals surface area contributed by atoms with Crippen molar-refractivity contribution in [1.29, 1.82) is 0 Å². The minimum atomic E-state index is -0.454. The number of esters is 1. The summed E-state index contributed by atoms with van der Waals surface area (Å²) in [5.74, 6) is -0.0795. The van der Waals surface area contributed by atoms with Crippen molar-refractivity contribution >= 4 is 29.1 Å². The van der Waals surface area contributed by atoms with Crippen LogP contribution in [0.2, 0.25) is 0 Å². The molecule has 2 aromatic carbocycles. The maximum absolute atomic E-state index is 11.7. The molecule has 0 atom stereocenters. The van der Waals surface area contributed by atoms with E-state index in [1.54, 1.807) is 12.1 Å². The van der Waals surface area contributed by atoms with Crippen molar-refractivity contribution in [3.05, 3.63) is 76.1 Å². The molecule has 4 heteroatoms. The van der Waals surface area contributed by atoms with Crippen molar-refractivity contribution in [1.82, 2.24) is 0 Å². The molecule has 0 amide bonds. The van der Waals surface area contributed by atoms with Gasteiger partial charge in [0.25, 0.3) is 0 Å². The smallest absolute Gasteiger partial charge is 0.336 e. The van der Waals surface area contributed by atoms with Crippen LogP contribution < -0.4 is 10.4 Å². The normalized spacial score (nSPS) is 11.0. The number of rotatable bonds is 3. The molecule has 3 rings (SSSR count). The maximum atomic E-state index is 11.7. The Morgan fingerprint density at radius 2 is 1.83 bits per heavy atom. The predicted octanol–water partition coefficient (Wildman–Crippen LogP) is 3.89. The molecule has 0 radical (unpaired) electrons. The fraction of sp³-hybridized carbons (Fsp3) is 0.0526. The van der Waals surface area contributed by atoms with Crippen molar-refractivity contribution in [2.75, 3.05) is 0 Å². The van der Waals surface area contributed by atoms with Crippen LogP contribution in [0, 0.1) is 0 Å². The van der Waals surface area contributed by atoms with E-state index < -0.39 is 11.6 Å². The first kappa shape index (κ1) is 14.8. The first-order valence-electron chi connectivity index (χ1n) is 7.11. The monoisotopic (exact) mass is 306 g/mol. The van der Waals surface area contributed by atoms with Crippen LogP contribution in [-0.4, -0.2) is 5.97 Å². The molecule has 0 N–H and O–H groups in total. The van der Waals surface area contributed by atoms with Crippen molar-refractivity contribution in [2.45, 2.75) is 6.92 Å². The zero-order valence-corrected chi connectivity index (χ0v) is 12.5. The Hall–Kier alpha value is -3.14. The molecule has 0 saturated carbocycles. The average molecular weight is 306 g/mol. The lowest BCUT2D eigenvalue weighted by Gasteiger charge is -2.04. The molecule has 0 aliphatic heterocycles. The van der Waals surface area contributed by atoms with Crippen molar-refractivity contribution < 1.29 is 13.9 Å². The highest BCUT2D eigenvalue weighted by Crippen LogP contribution is 2.24. The number of benzene rings is 2. The Bertz CT molecular complexity index is 936. The van der Waals surface area contributed by atoms with Gasteiger partial charge in [0, 0.05) is 24.4 Å². The van der Waals surface area contributed by atoms with Crippen LogP contribution in [0.15, 0.2) is 63.8 Å². The standard InChI is InChI=1S/C19H14O4/c1-13(20)22-16-9-10-17-15(11-19(21)23-18(17)12-16)8-7-14-5-3-2-4-6-14/h2-12H,1H3. The third-order valence-electron chi connectivity index (χ3n) is 3.26. The van der Waals surface area contributed by atoms with E-state index in [1.165, 1.54) is 19.1 Å². The van der Waals surface area contributed by atoms with Crippen molar-refractivity contribution in [3.63, 3.8) is 0 Å². The number of hydrogen-bond acceptors (Lipinski definition) is 4. The van der Waals surface area contributed by atoms with E-state index in [4.69, 9.17) is 9.15 Å². The molecule has 0 unspecified atom stereocenters. The quantitative estimate of drug-likeness (QED) is 0.418. The average Bonchev–Trinajstić information content (AvgIpc) is 2.52. The number of ether oxygens (including phenoxy) is 1. The molecule has 4 nitrogen and oxygen atoms in total. The van der Waals surface area contributed by atoms with Crippen molar-refractivity contribution in [3.8, 4) is 5.75 Å². The lowest BCUT2D eigenvalue weighted by Crippen LogP contribution is -2.02. The van der Waals surface area contributed by atoms with E-state index in [0.717, 1.165) is 16.5 Å². The number of carbonyl (C=O) groups excluding carboxylic acids is 1. The van der Waals surface area contributed by atoms with Gasteiger partial charge >= 0.3 is 11.6 Å². The molecule has 0 aliphatic carbocycles. The van der Waals surface area contributed by atoms with Gasteiger partial charge in [-0.3, -0.25) is 4.79 Å². The van der Waals surface area contributed by atoms with E-state index in [0.29, 0.717) is 11.3 Å². The number of fused-ring (bicyclic) bond motifs is 1. The molecule has 23 heavy (non-hydrogen) atoms. The summed E-state index contributed by atoms with van der Waals surface area (Å²) in [6.07, 6.45) is 3.79. The molecular weight excluding hydrogens is 292 g/mol. The molecule has 0 aliphatic rings. The Morgan fingerprint density at radius 1 is 1.04 bits per heavy atom. The second-order valence-corrected chi connectivity index (χ2v) is 5.02. The van der Waals surface area contributed by atoms with E-state index in [1.807, 2.05) is 42.5 Å². The van der Waals surface area contributed by atoms with E-state index >= 15 is 0 Å². The molecule has 1 heterocycles. The van der Waals surface area contributed by atoms with Gasteiger partial charge in [0.05, 0.1) is 0 Å². The van der Waals surface area contributed by atoms with Gasteiger partial charge in [-0.15, -0.1) is 0 Å². The SMILES string of the molecule is CC(=O)Oc1ccc2c(C=Cc3ccccc3)cc(=O)oc2c1. The van der Waals surface area contributed by atoms with Gasteiger partial charge in [0.2, 0.25) is 0 Å². The van der Waals surface area contributed by atoms with Crippen LogP contribution >= 0.6 is 0 Å². The van der Waals surface area contributed by atoms with Gasteiger partial charge in [-0.25, -0.2) is 4.79 Å². The Balaban J connectivity index is 2.05. The van der Waals surface area contributed by atoms with Crippen LogP contribution in [-0.2, 0) is 4.79 Å². The summed E-state index contributed by atoms with van der Waals surface area (Å²) >= 11 is 0. The highest BCUT2D eigenvalue weighted by atomic mass is 16.5. The minimum Gasteiger partial charge on any atom is -0.427 e. The van der Waals surface area contributed by atoms with Gasteiger partial charge in [-0.2, -0.15) is 0 Å². The summed E-state index contributed by atoms with van der Waals surface area (Å²) in [5.41, 5.74) is 1.70. The van der Waals surface area contributed by atoms with Gasteiger partial charge in [0.1, 0.15) is 11.3 Å². The third kappa shape index (κ3) is 3.55. The molecule has 1 aromatic heterocycles. The minimum absolute atomic E-state index is 0.345. The zero-order valence-electron chi connectivity index (χ0n) is 12.5. The predicted molar refractivity (Wildman–Crippen MR) is 89.2 cm³/mol. The molecular formula is C19H14O4. The highest BCUT2D eigenvalue weighted by Gasteiger charge is 2.06. The highest BCUT2D eigenvalue weighted by molar-refractivity contribution is 5.90. The Labute approximate surface area is 132 Å². The summed E-state index contributed by atoms with van der Waals surface area (Å²) in [6, 6.07) is 16.2. The van der Waals surface area contributed by atoms with Crippen LogP contribution in [0.4, 0.5) is 0 Å². The molecule has 0 spiro atoms. The molecule has 0 saturated heterocycles. The first-order valence-corrected chi connectivity index (χ1v) is 7.11. The lowest BCUT2D eigenvalue weighted by atomic mass is 10.1. The molecule has 0 fully saturated rings. The Kier molecular flexibility index (Phi) is 4.06. The Morgan fingerprint density at radius 3 is 2.57 bits per heavy atom. The van der Waals surface area contributed by atoms with E-state index in [9.17, 15) is 9.59 Å². The van der Waals surface area contributed by atoms with Crippen LogP contribution in [0.1, 0.15) is 18.1 Å². The van der Waals surface area contributed by atoms with Crippen LogP contribution in [0.5, 0.6) is 5.75 Å². The van der Waals surface area contributed by atoms with Gasteiger partial charge in [-0.1, -0.05) is 42.5 Å². The summed E-state index contributed by atoms with van der Waals surface area (Å²) in [4.78, 5) is 22.8. The van der Waals surface area contributed by atoms with Gasteiger partial charge in [-0.05, 0) is 23.3 Å².